The third-order valence-corrected chi connectivity index (χ3v) is 11.3. The molecule has 4 nitrogen and oxygen atoms in total. The summed E-state index contributed by atoms with van der Waals surface area (Å²) in [5.74, 6) is 5.26. The third kappa shape index (κ3) is 4.08. The number of fused-ring (bicyclic) bond motifs is 5. The van der Waals surface area contributed by atoms with Crippen molar-refractivity contribution in [3.05, 3.63) is 11.6 Å². The Morgan fingerprint density at radius 2 is 1.76 bits per heavy atom. The van der Waals surface area contributed by atoms with E-state index in [2.05, 4.69) is 51.9 Å². The normalized spacial score (nSPS) is 42.6. The lowest BCUT2D eigenvalue weighted by atomic mass is 9.46. The second kappa shape index (κ2) is 9.38. The first-order valence-electron chi connectivity index (χ1n) is 13.8. The van der Waals surface area contributed by atoms with E-state index in [0.29, 0.717) is 17.3 Å². The van der Waals surface area contributed by atoms with E-state index in [9.17, 15) is 10.4 Å². The van der Waals surface area contributed by atoms with E-state index < -0.39 is 0 Å². The molecule has 0 bridgehead atoms. The van der Waals surface area contributed by atoms with Crippen molar-refractivity contribution in [1.82, 2.24) is 0 Å². The number of rotatable bonds is 6. The topological polar surface area (TPSA) is 65.2 Å². The lowest BCUT2D eigenvalue weighted by Gasteiger charge is -2.58. The standard InChI is InChI=1S/C29H48N2O2/c1-7-20(18(2)3)9-8-19(4)23-10-11-24-22-17-27(31-33)26-16-21(30-32)12-14-29(26,6)25(22)13-15-28(23,24)5/h16,18-20,22-25,32-33H,7-15,17H2,1-6H3/b30-21+,31-27+/t19-,20?,22+,23-,24+,25+,28-,29-/m1/s1. The van der Waals surface area contributed by atoms with Crippen molar-refractivity contribution < 1.29 is 10.4 Å². The molecule has 33 heavy (non-hydrogen) atoms. The zero-order valence-corrected chi connectivity index (χ0v) is 22.0. The van der Waals surface area contributed by atoms with Crippen LogP contribution >= 0.6 is 0 Å². The van der Waals surface area contributed by atoms with Gasteiger partial charge in [-0.2, -0.15) is 0 Å². The molecule has 0 aromatic carbocycles. The van der Waals surface area contributed by atoms with Gasteiger partial charge in [0.05, 0.1) is 11.4 Å². The Morgan fingerprint density at radius 1 is 1.00 bits per heavy atom. The second-order valence-electron chi connectivity index (χ2n) is 12.9. The van der Waals surface area contributed by atoms with Crippen LogP contribution in [-0.4, -0.2) is 21.8 Å². The van der Waals surface area contributed by atoms with Gasteiger partial charge in [0, 0.05) is 0 Å². The predicted molar refractivity (Wildman–Crippen MR) is 136 cm³/mol. The molecule has 186 valence electrons. The van der Waals surface area contributed by atoms with Crippen molar-refractivity contribution in [2.45, 2.75) is 106 Å². The summed E-state index contributed by atoms with van der Waals surface area (Å²) in [6.07, 6.45) is 14.1. The van der Waals surface area contributed by atoms with Crippen LogP contribution in [0.5, 0.6) is 0 Å². The van der Waals surface area contributed by atoms with Crippen molar-refractivity contribution in [1.29, 1.82) is 0 Å². The van der Waals surface area contributed by atoms with Crippen LogP contribution in [0.3, 0.4) is 0 Å². The largest absolute Gasteiger partial charge is 0.411 e. The maximum atomic E-state index is 9.97. The van der Waals surface area contributed by atoms with Gasteiger partial charge in [0.15, 0.2) is 0 Å². The molecule has 4 aliphatic rings. The van der Waals surface area contributed by atoms with Crippen molar-refractivity contribution in [2.75, 3.05) is 0 Å². The number of hydrogen-bond donors (Lipinski definition) is 2. The quantitative estimate of drug-likeness (QED) is 0.315. The molecule has 0 aliphatic heterocycles. The Bertz CT molecular complexity index is 814. The summed E-state index contributed by atoms with van der Waals surface area (Å²) >= 11 is 0. The van der Waals surface area contributed by atoms with Gasteiger partial charge in [0.1, 0.15) is 0 Å². The highest BCUT2D eigenvalue weighted by Crippen LogP contribution is 2.67. The van der Waals surface area contributed by atoms with Crippen LogP contribution in [0.15, 0.2) is 22.0 Å². The lowest BCUT2D eigenvalue weighted by molar-refractivity contribution is -0.0430. The summed E-state index contributed by atoms with van der Waals surface area (Å²) in [5, 5.41) is 26.6. The fourth-order valence-electron chi connectivity index (χ4n) is 9.26. The zero-order valence-electron chi connectivity index (χ0n) is 22.0. The molecule has 4 rings (SSSR count). The fourth-order valence-corrected chi connectivity index (χ4v) is 9.26. The van der Waals surface area contributed by atoms with E-state index in [0.717, 1.165) is 65.8 Å². The first-order valence-corrected chi connectivity index (χ1v) is 13.8. The van der Waals surface area contributed by atoms with E-state index in [1.165, 1.54) is 44.9 Å². The first-order chi connectivity index (χ1) is 15.7. The first kappa shape index (κ1) is 24.8. The number of hydrogen-bond acceptors (Lipinski definition) is 4. The molecule has 3 fully saturated rings. The minimum atomic E-state index is 0.0370. The van der Waals surface area contributed by atoms with Gasteiger partial charge < -0.3 is 10.4 Å². The molecule has 3 saturated carbocycles. The average Bonchev–Trinajstić information content (AvgIpc) is 3.15. The van der Waals surface area contributed by atoms with Crippen molar-refractivity contribution in [2.24, 2.45) is 62.6 Å². The summed E-state index contributed by atoms with van der Waals surface area (Å²) in [6, 6.07) is 0. The van der Waals surface area contributed by atoms with Crippen LogP contribution in [0.1, 0.15) is 106 Å². The molecule has 0 aromatic heterocycles. The van der Waals surface area contributed by atoms with E-state index in [-0.39, 0.29) is 5.41 Å². The Kier molecular flexibility index (Phi) is 7.05. The van der Waals surface area contributed by atoms with Crippen LogP contribution in [0.25, 0.3) is 0 Å². The Labute approximate surface area is 202 Å². The smallest absolute Gasteiger partial charge is 0.0836 e. The Hall–Kier alpha value is -1.32. The van der Waals surface area contributed by atoms with Gasteiger partial charge in [-0.25, -0.2) is 0 Å². The second-order valence-corrected chi connectivity index (χ2v) is 12.9. The van der Waals surface area contributed by atoms with E-state index in [1.807, 2.05) is 6.08 Å². The van der Waals surface area contributed by atoms with Gasteiger partial charge in [-0.3, -0.25) is 0 Å². The average molecular weight is 457 g/mol. The molecule has 4 heteroatoms. The minimum absolute atomic E-state index is 0.0370. The van der Waals surface area contributed by atoms with Crippen LogP contribution < -0.4 is 0 Å². The SMILES string of the molecule is CCC(CC[C@@H](C)[C@H]1CC[C@H]2[C@@H]3C/C(=N\O)C4=C/C(=N/O)CC[C@]4(C)[C@H]3CC[C@]12C)C(C)C. The molecule has 4 aliphatic carbocycles. The maximum Gasteiger partial charge on any atom is 0.0836 e. The van der Waals surface area contributed by atoms with Crippen molar-refractivity contribution >= 4 is 11.4 Å². The molecular formula is C29H48N2O2. The summed E-state index contributed by atoms with van der Waals surface area (Å²) in [6.45, 7) is 14.7. The van der Waals surface area contributed by atoms with E-state index in [4.69, 9.17) is 0 Å². The highest BCUT2D eigenvalue weighted by Gasteiger charge is 2.60. The van der Waals surface area contributed by atoms with Gasteiger partial charge in [0.25, 0.3) is 0 Å². The molecule has 2 N–H and O–H groups in total. The van der Waals surface area contributed by atoms with Gasteiger partial charge in [-0.15, -0.1) is 0 Å². The van der Waals surface area contributed by atoms with E-state index in [1.54, 1.807) is 0 Å². The third-order valence-electron chi connectivity index (χ3n) is 11.3. The summed E-state index contributed by atoms with van der Waals surface area (Å²) < 4.78 is 0. The number of allylic oxidation sites excluding steroid dienone is 2. The number of nitrogens with zero attached hydrogens (tertiary/aromatic N) is 2. The molecule has 0 saturated heterocycles. The van der Waals surface area contributed by atoms with Gasteiger partial charge in [-0.1, -0.05) is 64.7 Å². The molecule has 0 spiro atoms. The predicted octanol–water partition coefficient (Wildman–Crippen LogP) is 7.93. The summed E-state index contributed by atoms with van der Waals surface area (Å²) in [7, 11) is 0. The summed E-state index contributed by atoms with van der Waals surface area (Å²) in [4.78, 5) is 0. The highest BCUT2D eigenvalue weighted by molar-refractivity contribution is 6.09. The Morgan fingerprint density at radius 3 is 2.39 bits per heavy atom. The lowest BCUT2D eigenvalue weighted by Crippen LogP contribution is -2.53. The molecule has 1 unspecified atom stereocenters. The van der Waals surface area contributed by atoms with Crippen LogP contribution in [0.2, 0.25) is 0 Å². The molecular weight excluding hydrogens is 408 g/mol. The van der Waals surface area contributed by atoms with Gasteiger partial charge in [-0.05, 0) is 115 Å². The molecule has 0 aromatic rings. The highest BCUT2D eigenvalue weighted by atomic mass is 16.4. The van der Waals surface area contributed by atoms with Crippen LogP contribution in [0.4, 0.5) is 0 Å². The van der Waals surface area contributed by atoms with Crippen molar-refractivity contribution in [3.63, 3.8) is 0 Å². The molecule has 0 amide bonds. The zero-order chi connectivity index (χ0) is 24.0. The fraction of sp³-hybridized carbons (Fsp3) is 0.862. The molecule has 8 atom stereocenters. The molecule has 0 radical (unpaired) electrons. The van der Waals surface area contributed by atoms with Gasteiger partial charge in [0.2, 0.25) is 0 Å². The van der Waals surface area contributed by atoms with E-state index >= 15 is 0 Å². The maximum absolute atomic E-state index is 9.97. The number of oxime groups is 2. The monoisotopic (exact) mass is 456 g/mol. The Balaban J connectivity index is 1.55. The van der Waals surface area contributed by atoms with Gasteiger partial charge >= 0.3 is 0 Å². The minimum Gasteiger partial charge on any atom is -0.411 e. The van der Waals surface area contributed by atoms with Crippen LogP contribution in [0, 0.1) is 52.3 Å². The summed E-state index contributed by atoms with van der Waals surface area (Å²) in [5.41, 5.74) is 3.17. The van der Waals surface area contributed by atoms with Crippen molar-refractivity contribution in [3.8, 4) is 0 Å². The van der Waals surface area contributed by atoms with Crippen LogP contribution in [-0.2, 0) is 0 Å². The molecule has 0 heterocycles.